The van der Waals surface area contributed by atoms with Crippen molar-refractivity contribution >= 4 is 34.9 Å². The summed E-state index contributed by atoms with van der Waals surface area (Å²) in [5, 5.41) is 20.8. The lowest BCUT2D eigenvalue weighted by atomic mass is 10.0. The number of carbonyl (C=O) groups is 4. The number of nitrogens with one attached hydrogen (secondary N) is 3. The molecule has 2 rings (SSSR count). The molecular weight excluding hydrogens is 448 g/mol. The summed E-state index contributed by atoms with van der Waals surface area (Å²) in [5.41, 5.74) is 3.86. The molecule has 3 atom stereocenters. The van der Waals surface area contributed by atoms with Gasteiger partial charge in [0.25, 0.3) is 11.8 Å². The van der Waals surface area contributed by atoms with Gasteiger partial charge in [-0.2, -0.15) is 0 Å². The van der Waals surface area contributed by atoms with Gasteiger partial charge in [-0.05, 0) is 43.1 Å². The Morgan fingerprint density at radius 1 is 1.28 bits per heavy atom. The van der Waals surface area contributed by atoms with Crippen LogP contribution in [0.25, 0.3) is 0 Å². The predicted molar refractivity (Wildman–Crippen MR) is 108 cm³/mol. The van der Waals surface area contributed by atoms with Crippen LogP contribution in [0.3, 0.4) is 0 Å². The van der Waals surface area contributed by atoms with Crippen LogP contribution in [0.5, 0.6) is 11.5 Å². The number of rotatable bonds is 8. The summed E-state index contributed by atoms with van der Waals surface area (Å²) in [5.74, 6) is -2.67. The van der Waals surface area contributed by atoms with E-state index in [2.05, 4.69) is 5.32 Å². The second kappa shape index (κ2) is 10.3. The fourth-order valence-electron chi connectivity index (χ4n) is 2.71. The fourth-order valence-corrected chi connectivity index (χ4v) is 3.11. The molecule has 0 aliphatic carbocycles. The van der Waals surface area contributed by atoms with Crippen molar-refractivity contribution in [3.05, 3.63) is 23.8 Å². The maximum atomic E-state index is 11.9. The first-order chi connectivity index (χ1) is 14.9. The molecule has 1 saturated heterocycles. The molecule has 5 N–H and O–H groups in total. The van der Waals surface area contributed by atoms with Crippen molar-refractivity contribution in [2.24, 2.45) is 0 Å². The van der Waals surface area contributed by atoms with Crippen LogP contribution >= 0.6 is 0 Å². The van der Waals surface area contributed by atoms with Gasteiger partial charge in [0.05, 0.1) is 11.3 Å². The number of ether oxygens (including phenoxy) is 1. The highest BCUT2D eigenvalue weighted by Gasteiger charge is 2.39. The van der Waals surface area contributed by atoms with Crippen LogP contribution in [-0.4, -0.2) is 78.2 Å². The van der Waals surface area contributed by atoms with Crippen molar-refractivity contribution in [2.75, 3.05) is 19.7 Å². The highest BCUT2D eigenvalue weighted by molar-refractivity contribution is 7.80. The zero-order valence-corrected chi connectivity index (χ0v) is 18.1. The number of hydrazine groups is 1. The van der Waals surface area contributed by atoms with Crippen molar-refractivity contribution in [1.29, 1.82) is 0 Å². The molecule has 1 aliphatic rings. The van der Waals surface area contributed by atoms with Crippen LogP contribution in [0.2, 0.25) is 0 Å². The van der Waals surface area contributed by atoms with Gasteiger partial charge in [0.2, 0.25) is 5.91 Å². The first-order valence-electron chi connectivity index (χ1n) is 9.33. The van der Waals surface area contributed by atoms with Crippen molar-refractivity contribution in [1.82, 2.24) is 21.1 Å². The van der Waals surface area contributed by atoms with E-state index in [1.165, 1.54) is 17.9 Å². The minimum Gasteiger partial charge on any atom is -0.772 e. The zero-order chi connectivity index (χ0) is 24.1. The molecule has 4 amide bonds. The fraction of sp³-hybridized carbons (Fsp3) is 0.444. The van der Waals surface area contributed by atoms with Crippen molar-refractivity contribution in [2.45, 2.75) is 31.1 Å². The molecular formula is C18H23N4O9S-. The minimum atomic E-state index is -2.66. The molecule has 0 radical (unpaired) electrons. The summed E-state index contributed by atoms with van der Waals surface area (Å²) < 4.78 is 26.5. The average Bonchev–Trinajstić information content (AvgIpc) is 2.74. The average molecular weight is 471 g/mol. The SMILES string of the molecule is C[C@@H]1CC(=O)N1C[C@](C)(COC(=O)NNC(=O)CNC(=O)c1ccc(O)c(O)c1)S(=O)[O-]. The number of phenols is 2. The number of aromatic hydroxyl groups is 2. The molecule has 0 spiro atoms. The Labute approximate surface area is 185 Å². The first-order valence-corrected chi connectivity index (χ1v) is 10.4. The van der Waals surface area contributed by atoms with Crippen LogP contribution < -0.4 is 16.2 Å². The van der Waals surface area contributed by atoms with E-state index in [0.29, 0.717) is 6.42 Å². The van der Waals surface area contributed by atoms with E-state index in [4.69, 9.17) is 4.74 Å². The molecule has 176 valence electrons. The largest absolute Gasteiger partial charge is 0.772 e. The van der Waals surface area contributed by atoms with Gasteiger partial charge >= 0.3 is 6.09 Å². The zero-order valence-electron chi connectivity index (χ0n) is 17.2. The lowest BCUT2D eigenvalue weighted by Gasteiger charge is -2.44. The number of hydrogen-bond acceptors (Lipinski definition) is 9. The second-order valence-electron chi connectivity index (χ2n) is 7.39. The monoisotopic (exact) mass is 471 g/mol. The molecule has 1 unspecified atom stereocenters. The van der Waals surface area contributed by atoms with Crippen LogP contribution in [0, 0.1) is 0 Å². The maximum Gasteiger partial charge on any atom is 0.426 e. The topological polar surface area (TPSA) is 197 Å². The van der Waals surface area contributed by atoms with Crippen LogP contribution in [-0.2, 0) is 25.4 Å². The van der Waals surface area contributed by atoms with Gasteiger partial charge in [0, 0.05) is 24.6 Å². The third-order valence-electron chi connectivity index (χ3n) is 4.69. The predicted octanol–water partition coefficient (Wildman–Crippen LogP) is -1.16. The Kier molecular flexibility index (Phi) is 7.99. The van der Waals surface area contributed by atoms with Crippen molar-refractivity contribution in [3.8, 4) is 11.5 Å². The lowest BCUT2D eigenvalue weighted by molar-refractivity contribution is -0.145. The van der Waals surface area contributed by atoms with Gasteiger partial charge < -0.3 is 29.7 Å². The number of likely N-dealkylation sites (tertiary alicyclic amines) is 1. The summed E-state index contributed by atoms with van der Waals surface area (Å²) in [6.45, 7) is 1.82. The normalized spacial score (nSPS) is 18.0. The lowest BCUT2D eigenvalue weighted by Crippen LogP contribution is -2.59. The molecule has 0 bridgehead atoms. The van der Waals surface area contributed by atoms with Crippen LogP contribution in [0.4, 0.5) is 4.79 Å². The standard InChI is InChI=1S/C18H24N4O9S/c1-10-5-15(26)22(10)8-18(2,32(29)30)9-31-17(28)21-20-14(25)7-19-16(27)11-3-4-12(23)13(24)6-11/h3-4,6,10,23-24H,5,7-9H2,1-2H3,(H,19,27)(H,20,25)(H,21,28)(H,29,30)/p-1/t10-,18-/m1/s1. The Bertz CT molecular complexity index is 941. The van der Waals surface area contributed by atoms with E-state index in [0.717, 1.165) is 12.1 Å². The Morgan fingerprint density at radius 3 is 2.53 bits per heavy atom. The summed E-state index contributed by atoms with van der Waals surface area (Å²) in [6, 6.07) is 3.22. The Balaban J connectivity index is 1.75. The second-order valence-corrected chi connectivity index (χ2v) is 8.85. The summed E-state index contributed by atoms with van der Waals surface area (Å²) >= 11 is -2.66. The van der Waals surface area contributed by atoms with E-state index < -0.39 is 58.4 Å². The van der Waals surface area contributed by atoms with Crippen LogP contribution in [0.15, 0.2) is 18.2 Å². The van der Waals surface area contributed by atoms with Crippen LogP contribution in [0.1, 0.15) is 30.6 Å². The molecule has 1 aromatic rings. The maximum absolute atomic E-state index is 11.9. The third-order valence-corrected chi connectivity index (χ3v) is 5.74. The minimum absolute atomic E-state index is 0.0135. The third kappa shape index (κ3) is 6.31. The van der Waals surface area contributed by atoms with E-state index in [1.807, 2.05) is 10.9 Å². The quantitative estimate of drug-likeness (QED) is 0.134. The molecule has 32 heavy (non-hydrogen) atoms. The van der Waals surface area contributed by atoms with Gasteiger partial charge in [-0.1, -0.05) is 0 Å². The van der Waals surface area contributed by atoms with E-state index in [1.54, 1.807) is 6.92 Å². The highest BCUT2D eigenvalue weighted by Crippen LogP contribution is 2.25. The number of phenolic OH excluding ortho intramolecular Hbond substituents is 2. The molecule has 1 aromatic carbocycles. The van der Waals surface area contributed by atoms with Crippen molar-refractivity contribution in [3.63, 3.8) is 0 Å². The van der Waals surface area contributed by atoms with E-state index in [-0.39, 0.29) is 24.1 Å². The first kappa shape index (κ1) is 24.9. The molecule has 1 heterocycles. The molecule has 0 saturated carbocycles. The Morgan fingerprint density at radius 2 is 1.97 bits per heavy atom. The smallest absolute Gasteiger partial charge is 0.426 e. The summed E-state index contributed by atoms with van der Waals surface area (Å²) in [6.07, 6.45) is -0.827. The van der Waals surface area contributed by atoms with E-state index >= 15 is 0 Å². The number of hydrogen-bond donors (Lipinski definition) is 5. The van der Waals surface area contributed by atoms with Gasteiger partial charge in [0.1, 0.15) is 6.61 Å². The Hall–Kier alpha value is -3.39. The molecule has 1 fully saturated rings. The number of nitrogens with zero attached hydrogens (tertiary/aromatic N) is 1. The van der Waals surface area contributed by atoms with E-state index in [9.17, 15) is 38.2 Å². The molecule has 14 heteroatoms. The summed E-state index contributed by atoms with van der Waals surface area (Å²) in [7, 11) is 0. The number of amides is 4. The van der Waals surface area contributed by atoms with Gasteiger partial charge in [-0.3, -0.25) is 24.0 Å². The van der Waals surface area contributed by atoms with Gasteiger partial charge in [-0.15, -0.1) is 0 Å². The number of carbonyl (C=O) groups excluding carboxylic acids is 4. The highest BCUT2D eigenvalue weighted by atomic mass is 32.2. The number of benzene rings is 1. The summed E-state index contributed by atoms with van der Waals surface area (Å²) in [4.78, 5) is 48.4. The molecule has 13 nitrogen and oxygen atoms in total. The number of β-lactam (4-membered cyclic amide) rings is 1. The van der Waals surface area contributed by atoms with Crippen molar-refractivity contribution < 1.29 is 42.9 Å². The van der Waals surface area contributed by atoms with Gasteiger partial charge in [0.15, 0.2) is 11.5 Å². The molecule has 1 aliphatic heterocycles. The van der Waals surface area contributed by atoms with Gasteiger partial charge in [-0.25, -0.2) is 10.2 Å². The molecule has 0 aromatic heterocycles.